The molecule has 1 fully saturated rings. The largest absolute Gasteiger partial charge is 0.329 e. The molecule has 0 aromatic rings. The summed E-state index contributed by atoms with van der Waals surface area (Å²) in [6, 6.07) is 0.574. The van der Waals surface area contributed by atoms with Crippen LogP contribution in [0.5, 0.6) is 0 Å². The van der Waals surface area contributed by atoms with Crippen LogP contribution in [0.1, 0.15) is 26.2 Å². The van der Waals surface area contributed by atoms with Gasteiger partial charge in [-0.3, -0.25) is 0 Å². The average molecular weight is 213 g/mol. The molecule has 15 heavy (non-hydrogen) atoms. The Hall–Kier alpha value is -0.120. The molecule has 90 valence electrons. The Kier molecular flexibility index (Phi) is 5.58. The lowest BCUT2D eigenvalue weighted by molar-refractivity contribution is 0.149. The van der Waals surface area contributed by atoms with Gasteiger partial charge < -0.3 is 15.5 Å². The molecule has 1 aliphatic heterocycles. The first kappa shape index (κ1) is 12.9. The Balaban J connectivity index is 2.28. The van der Waals surface area contributed by atoms with Gasteiger partial charge in [-0.25, -0.2) is 0 Å². The highest BCUT2D eigenvalue weighted by Gasteiger charge is 2.20. The molecule has 1 heterocycles. The highest BCUT2D eigenvalue weighted by molar-refractivity contribution is 4.76. The lowest BCUT2D eigenvalue weighted by Gasteiger charge is -2.34. The first-order valence-corrected chi connectivity index (χ1v) is 6.26. The zero-order valence-electron chi connectivity index (χ0n) is 10.6. The van der Waals surface area contributed by atoms with Crippen molar-refractivity contribution in [2.24, 2.45) is 11.7 Å². The maximum atomic E-state index is 5.76. The molecule has 0 amide bonds. The first-order valence-electron chi connectivity index (χ1n) is 6.26. The van der Waals surface area contributed by atoms with Gasteiger partial charge in [0.2, 0.25) is 0 Å². The lowest BCUT2D eigenvalue weighted by Crippen LogP contribution is -2.42. The standard InChI is InChI=1S/C12H27N3/c1-4-12(9-13)15(3)10-11-5-7-14(2)8-6-11/h11-12H,4-10,13H2,1-3H3. The molecule has 0 spiro atoms. The van der Waals surface area contributed by atoms with Gasteiger partial charge in [-0.1, -0.05) is 6.92 Å². The molecule has 0 saturated carbocycles. The second-order valence-corrected chi connectivity index (χ2v) is 4.98. The van der Waals surface area contributed by atoms with Gasteiger partial charge in [-0.05, 0) is 52.4 Å². The van der Waals surface area contributed by atoms with Crippen LogP contribution in [0.15, 0.2) is 0 Å². The van der Waals surface area contributed by atoms with Crippen LogP contribution in [0.4, 0.5) is 0 Å². The van der Waals surface area contributed by atoms with Gasteiger partial charge in [0.05, 0.1) is 0 Å². The predicted octanol–water partition coefficient (Wildman–Crippen LogP) is 0.997. The van der Waals surface area contributed by atoms with E-state index in [9.17, 15) is 0 Å². The maximum Gasteiger partial charge on any atom is 0.0212 e. The minimum absolute atomic E-state index is 0.574. The fourth-order valence-corrected chi connectivity index (χ4v) is 2.46. The van der Waals surface area contributed by atoms with Gasteiger partial charge in [0.25, 0.3) is 0 Å². The molecule has 0 aromatic heterocycles. The normalized spacial score (nSPS) is 22.2. The van der Waals surface area contributed by atoms with Crippen LogP contribution >= 0.6 is 0 Å². The molecular formula is C12H27N3. The quantitative estimate of drug-likeness (QED) is 0.739. The number of likely N-dealkylation sites (N-methyl/N-ethyl adjacent to an activating group) is 1. The number of nitrogens with two attached hydrogens (primary N) is 1. The van der Waals surface area contributed by atoms with Gasteiger partial charge >= 0.3 is 0 Å². The Morgan fingerprint density at radius 1 is 1.40 bits per heavy atom. The highest BCUT2D eigenvalue weighted by Crippen LogP contribution is 2.17. The summed E-state index contributed by atoms with van der Waals surface area (Å²) in [6.07, 6.45) is 3.86. The van der Waals surface area contributed by atoms with Crippen LogP contribution in [0, 0.1) is 5.92 Å². The van der Waals surface area contributed by atoms with Crippen LogP contribution < -0.4 is 5.73 Å². The van der Waals surface area contributed by atoms with Crippen molar-refractivity contribution in [2.45, 2.75) is 32.2 Å². The monoisotopic (exact) mass is 213 g/mol. The summed E-state index contributed by atoms with van der Waals surface area (Å²) >= 11 is 0. The third kappa shape index (κ3) is 4.09. The van der Waals surface area contributed by atoms with Crippen molar-refractivity contribution in [1.29, 1.82) is 0 Å². The zero-order chi connectivity index (χ0) is 11.3. The molecule has 3 nitrogen and oxygen atoms in total. The molecule has 3 heteroatoms. The van der Waals surface area contributed by atoms with Crippen molar-refractivity contribution in [2.75, 3.05) is 40.3 Å². The van der Waals surface area contributed by atoms with Crippen LogP contribution in [-0.4, -0.2) is 56.1 Å². The van der Waals surface area contributed by atoms with E-state index < -0.39 is 0 Å². The van der Waals surface area contributed by atoms with Gasteiger partial charge in [-0.15, -0.1) is 0 Å². The first-order chi connectivity index (χ1) is 7.17. The minimum Gasteiger partial charge on any atom is -0.329 e. The van der Waals surface area contributed by atoms with Crippen LogP contribution in [-0.2, 0) is 0 Å². The third-order valence-corrected chi connectivity index (χ3v) is 3.75. The van der Waals surface area contributed by atoms with Crippen molar-refractivity contribution in [1.82, 2.24) is 9.80 Å². The van der Waals surface area contributed by atoms with E-state index in [1.807, 2.05) is 0 Å². The molecule has 2 N–H and O–H groups in total. The van der Waals surface area contributed by atoms with Gasteiger partial charge in [0, 0.05) is 19.1 Å². The summed E-state index contributed by atoms with van der Waals surface area (Å²) in [7, 11) is 4.44. The third-order valence-electron chi connectivity index (χ3n) is 3.75. The Morgan fingerprint density at radius 2 is 2.00 bits per heavy atom. The molecule has 0 bridgehead atoms. The highest BCUT2D eigenvalue weighted by atomic mass is 15.1. The summed E-state index contributed by atoms with van der Waals surface area (Å²) in [5.74, 6) is 0.881. The van der Waals surface area contributed by atoms with E-state index in [-0.39, 0.29) is 0 Å². The SMILES string of the molecule is CCC(CN)N(C)CC1CCN(C)CC1. The number of nitrogens with zero attached hydrogens (tertiary/aromatic N) is 2. The van der Waals surface area contributed by atoms with Crippen LogP contribution in [0.2, 0.25) is 0 Å². The second kappa shape index (κ2) is 6.46. The molecule has 1 atom stereocenters. The molecule has 0 aliphatic carbocycles. The summed E-state index contributed by atoms with van der Waals surface area (Å²) < 4.78 is 0. The van der Waals surface area contributed by atoms with Crippen molar-refractivity contribution in [3.63, 3.8) is 0 Å². The molecule has 1 rings (SSSR count). The predicted molar refractivity (Wildman–Crippen MR) is 66.0 cm³/mol. The minimum atomic E-state index is 0.574. The van der Waals surface area contributed by atoms with Gasteiger partial charge in [-0.2, -0.15) is 0 Å². The van der Waals surface area contributed by atoms with E-state index in [2.05, 4.69) is 30.8 Å². The zero-order valence-corrected chi connectivity index (χ0v) is 10.6. The number of hydrogen-bond acceptors (Lipinski definition) is 3. The molecule has 1 aliphatic rings. The van der Waals surface area contributed by atoms with Crippen LogP contribution in [0.25, 0.3) is 0 Å². The topological polar surface area (TPSA) is 32.5 Å². The van der Waals surface area contributed by atoms with Crippen molar-refractivity contribution >= 4 is 0 Å². The number of hydrogen-bond donors (Lipinski definition) is 1. The number of piperidine rings is 1. The van der Waals surface area contributed by atoms with E-state index in [1.165, 1.54) is 38.9 Å². The Labute approximate surface area is 94.6 Å². The van der Waals surface area contributed by atoms with Crippen molar-refractivity contribution < 1.29 is 0 Å². The van der Waals surface area contributed by atoms with E-state index >= 15 is 0 Å². The second-order valence-electron chi connectivity index (χ2n) is 4.98. The maximum absolute atomic E-state index is 5.76. The van der Waals surface area contributed by atoms with Gasteiger partial charge in [0.15, 0.2) is 0 Å². The number of likely N-dealkylation sites (tertiary alicyclic amines) is 1. The average Bonchev–Trinajstić information content (AvgIpc) is 2.23. The lowest BCUT2D eigenvalue weighted by atomic mass is 9.96. The Bertz CT molecular complexity index is 160. The summed E-state index contributed by atoms with van der Waals surface area (Å²) in [6.45, 7) is 6.77. The van der Waals surface area contributed by atoms with E-state index in [1.54, 1.807) is 0 Å². The summed E-state index contributed by atoms with van der Waals surface area (Å²) in [5.41, 5.74) is 5.76. The fourth-order valence-electron chi connectivity index (χ4n) is 2.46. The molecule has 1 unspecified atom stereocenters. The van der Waals surface area contributed by atoms with Crippen LogP contribution in [0.3, 0.4) is 0 Å². The van der Waals surface area contributed by atoms with Gasteiger partial charge in [0.1, 0.15) is 0 Å². The molecule has 0 radical (unpaired) electrons. The molecular weight excluding hydrogens is 186 g/mol. The smallest absolute Gasteiger partial charge is 0.0212 e. The summed E-state index contributed by atoms with van der Waals surface area (Å²) in [4.78, 5) is 4.88. The van der Waals surface area contributed by atoms with Crippen molar-refractivity contribution in [3.05, 3.63) is 0 Å². The van der Waals surface area contributed by atoms with E-state index in [0.717, 1.165) is 12.5 Å². The molecule has 1 saturated heterocycles. The van der Waals surface area contributed by atoms with Crippen molar-refractivity contribution in [3.8, 4) is 0 Å². The van der Waals surface area contributed by atoms with E-state index in [0.29, 0.717) is 6.04 Å². The number of rotatable bonds is 5. The summed E-state index contributed by atoms with van der Waals surface area (Å²) in [5, 5.41) is 0. The fraction of sp³-hybridized carbons (Fsp3) is 1.00. The van der Waals surface area contributed by atoms with E-state index in [4.69, 9.17) is 5.73 Å². The molecule has 0 aromatic carbocycles. The Morgan fingerprint density at radius 3 is 2.47 bits per heavy atom.